The number of rotatable bonds is 3. The fraction of sp³-hybridized carbons (Fsp3) is 0.714. The van der Waals surface area contributed by atoms with Crippen molar-refractivity contribution in [3.8, 4) is 12.3 Å². The van der Waals surface area contributed by atoms with Crippen LogP contribution in [-0.2, 0) is 9.59 Å². The lowest BCUT2D eigenvalue weighted by atomic mass is 10.1. The number of nitrogens with zero attached hydrogens (tertiary/aromatic N) is 2. The third kappa shape index (κ3) is 2.45. The van der Waals surface area contributed by atoms with Crippen molar-refractivity contribution in [1.29, 1.82) is 0 Å². The predicted octanol–water partition coefficient (Wildman–Crippen LogP) is 0.121. The van der Waals surface area contributed by atoms with E-state index in [4.69, 9.17) is 11.5 Å². The first-order chi connectivity index (χ1) is 8.89. The molecular formula is C14H20N2O3. The molecule has 1 saturated carbocycles. The Hall–Kier alpha value is -1.54. The molecular weight excluding hydrogens is 244 g/mol. The number of piperazine rings is 1. The minimum atomic E-state index is -0.866. The summed E-state index contributed by atoms with van der Waals surface area (Å²) in [6, 6.07) is 0. The molecule has 1 aliphatic carbocycles. The first-order valence-electron chi connectivity index (χ1n) is 6.57. The summed E-state index contributed by atoms with van der Waals surface area (Å²) in [5.41, 5.74) is -0.418. The highest BCUT2D eigenvalue weighted by Crippen LogP contribution is 2.59. The van der Waals surface area contributed by atoms with Crippen LogP contribution >= 0.6 is 0 Å². The van der Waals surface area contributed by atoms with Crippen LogP contribution in [0.1, 0.15) is 13.8 Å². The number of carboxylic acid groups (broad SMARTS) is 1. The molecule has 19 heavy (non-hydrogen) atoms. The van der Waals surface area contributed by atoms with Crippen LogP contribution in [0.4, 0.5) is 0 Å². The van der Waals surface area contributed by atoms with E-state index in [1.54, 1.807) is 4.90 Å². The van der Waals surface area contributed by atoms with Crippen LogP contribution < -0.4 is 0 Å². The van der Waals surface area contributed by atoms with Gasteiger partial charge in [0.15, 0.2) is 0 Å². The maximum absolute atomic E-state index is 12.4. The molecule has 104 valence electrons. The van der Waals surface area contributed by atoms with Crippen LogP contribution in [-0.4, -0.2) is 59.5 Å². The van der Waals surface area contributed by atoms with Gasteiger partial charge in [-0.15, -0.1) is 6.42 Å². The Kier molecular flexibility index (Phi) is 3.55. The Bertz CT molecular complexity index is 430. The summed E-state index contributed by atoms with van der Waals surface area (Å²) in [6.07, 6.45) is 5.26. The second-order valence-corrected chi connectivity index (χ2v) is 5.92. The zero-order chi connectivity index (χ0) is 14.2. The summed E-state index contributed by atoms with van der Waals surface area (Å²) in [5, 5.41) is 9.12. The molecule has 5 nitrogen and oxygen atoms in total. The highest BCUT2D eigenvalue weighted by molar-refractivity contribution is 5.91. The second-order valence-electron chi connectivity index (χ2n) is 5.92. The molecule has 0 spiro atoms. The molecule has 1 aliphatic heterocycles. The monoisotopic (exact) mass is 264 g/mol. The third-order valence-corrected chi connectivity index (χ3v) is 4.36. The highest BCUT2D eigenvalue weighted by Gasteiger charge is 2.66. The van der Waals surface area contributed by atoms with Crippen molar-refractivity contribution in [3.63, 3.8) is 0 Å². The third-order valence-electron chi connectivity index (χ3n) is 4.36. The van der Waals surface area contributed by atoms with E-state index in [9.17, 15) is 9.59 Å². The fourth-order valence-corrected chi connectivity index (χ4v) is 3.01. The summed E-state index contributed by atoms with van der Waals surface area (Å²) >= 11 is 0. The van der Waals surface area contributed by atoms with E-state index in [2.05, 4.69) is 10.8 Å². The van der Waals surface area contributed by atoms with E-state index >= 15 is 0 Å². The number of carbonyl (C=O) groups is 2. The van der Waals surface area contributed by atoms with Crippen LogP contribution in [0.2, 0.25) is 0 Å². The molecule has 2 atom stereocenters. The molecule has 0 bridgehead atoms. The average Bonchev–Trinajstić information content (AvgIpc) is 2.93. The van der Waals surface area contributed by atoms with Crippen LogP contribution in [0.25, 0.3) is 0 Å². The van der Waals surface area contributed by atoms with Crippen molar-refractivity contribution in [3.05, 3.63) is 0 Å². The lowest BCUT2D eigenvalue weighted by Crippen LogP contribution is -2.49. The van der Waals surface area contributed by atoms with Gasteiger partial charge in [-0.3, -0.25) is 14.5 Å². The maximum atomic E-state index is 12.4. The first kappa shape index (κ1) is 13.9. The van der Waals surface area contributed by atoms with E-state index in [-0.39, 0.29) is 11.8 Å². The summed E-state index contributed by atoms with van der Waals surface area (Å²) in [7, 11) is 0. The molecule has 1 heterocycles. The maximum Gasteiger partial charge on any atom is 0.307 e. The second kappa shape index (κ2) is 4.86. The number of aliphatic carboxylic acids is 1. The van der Waals surface area contributed by atoms with Gasteiger partial charge in [0.2, 0.25) is 5.91 Å². The van der Waals surface area contributed by atoms with Gasteiger partial charge in [-0.25, -0.2) is 0 Å². The molecule has 5 heteroatoms. The molecule has 2 unspecified atom stereocenters. The van der Waals surface area contributed by atoms with Crippen molar-refractivity contribution in [2.24, 2.45) is 17.3 Å². The number of carbonyl (C=O) groups excluding carboxylic acids is 1. The topological polar surface area (TPSA) is 60.9 Å². The molecule has 1 N–H and O–H groups in total. The lowest BCUT2D eigenvalue weighted by molar-refractivity contribution is -0.142. The lowest BCUT2D eigenvalue weighted by Gasteiger charge is -2.34. The summed E-state index contributed by atoms with van der Waals surface area (Å²) in [6.45, 7) is 7.11. The molecule has 2 rings (SSSR count). The standard InChI is InChI=1S/C14H20N2O3/c1-4-5-15-6-8-16(9-7-15)12(17)10-11(13(18)19)14(10,2)3/h1,10-11H,5-9H2,2-3H3,(H,18,19). The Morgan fingerprint density at radius 2 is 1.84 bits per heavy atom. The van der Waals surface area contributed by atoms with Crippen molar-refractivity contribution in [2.75, 3.05) is 32.7 Å². The van der Waals surface area contributed by atoms with Crippen molar-refractivity contribution in [2.45, 2.75) is 13.8 Å². The molecule has 2 fully saturated rings. The van der Waals surface area contributed by atoms with Crippen molar-refractivity contribution >= 4 is 11.9 Å². The Morgan fingerprint density at radius 3 is 2.26 bits per heavy atom. The van der Waals surface area contributed by atoms with Crippen LogP contribution in [0.3, 0.4) is 0 Å². The van der Waals surface area contributed by atoms with Gasteiger partial charge in [-0.2, -0.15) is 0 Å². The average molecular weight is 264 g/mol. The van der Waals surface area contributed by atoms with Gasteiger partial charge in [-0.1, -0.05) is 19.8 Å². The number of carboxylic acids is 1. The quantitative estimate of drug-likeness (QED) is 0.736. The number of terminal acetylenes is 1. The van der Waals surface area contributed by atoms with E-state index in [1.807, 2.05) is 13.8 Å². The predicted molar refractivity (Wildman–Crippen MR) is 70.2 cm³/mol. The molecule has 1 saturated heterocycles. The minimum absolute atomic E-state index is 0.0160. The summed E-state index contributed by atoms with van der Waals surface area (Å²) in [4.78, 5) is 27.4. The number of hydrogen-bond acceptors (Lipinski definition) is 3. The Balaban J connectivity index is 1.93. The van der Waals surface area contributed by atoms with Crippen molar-refractivity contribution < 1.29 is 14.7 Å². The van der Waals surface area contributed by atoms with Gasteiger partial charge < -0.3 is 10.0 Å². The van der Waals surface area contributed by atoms with Gasteiger partial charge in [0.1, 0.15) is 0 Å². The van der Waals surface area contributed by atoms with Crippen LogP contribution in [0, 0.1) is 29.6 Å². The number of hydrogen-bond donors (Lipinski definition) is 1. The molecule has 0 radical (unpaired) electrons. The van der Waals surface area contributed by atoms with Gasteiger partial charge in [0.05, 0.1) is 18.4 Å². The Labute approximate surface area is 113 Å². The van der Waals surface area contributed by atoms with Gasteiger partial charge in [0.25, 0.3) is 0 Å². The van der Waals surface area contributed by atoms with E-state index in [0.717, 1.165) is 13.1 Å². The van der Waals surface area contributed by atoms with Crippen LogP contribution in [0.15, 0.2) is 0 Å². The molecule has 0 aromatic rings. The molecule has 1 amide bonds. The highest BCUT2D eigenvalue weighted by atomic mass is 16.4. The normalized spacial score (nSPS) is 29.6. The van der Waals surface area contributed by atoms with Gasteiger partial charge in [-0.05, 0) is 5.41 Å². The minimum Gasteiger partial charge on any atom is -0.481 e. The van der Waals surface area contributed by atoms with Gasteiger partial charge in [0, 0.05) is 26.2 Å². The zero-order valence-corrected chi connectivity index (χ0v) is 11.4. The zero-order valence-electron chi connectivity index (χ0n) is 11.4. The fourth-order valence-electron chi connectivity index (χ4n) is 3.01. The Morgan fingerprint density at radius 1 is 1.26 bits per heavy atom. The summed E-state index contributed by atoms with van der Waals surface area (Å²) in [5.74, 6) is 0.805. The van der Waals surface area contributed by atoms with Gasteiger partial charge >= 0.3 is 5.97 Å². The van der Waals surface area contributed by atoms with E-state index in [0.29, 0.717) is 19.6 Å². The van der Waals surface area contributed by atoms with E-state index < -0.39 is 17.3 Å². The molecule has 0 aromatic heterocycles. The largest absolute Gasteiger partial charge is 0.481 e. The molecule has 2 aliphatic rings. The van der Waals surface area contributed by atoms with Crippen LogP contribution in [0.5, 0.6) is 0 Å². The summed E-state index contributed by atoms with van der Waals surface area (Å²) < 4.78 is 0. The van der Waals surface area contributed by atoms with E-state index in [1.165, 1.54) is 0 Å². The number of amides is 1. The smallest absolute Gasteiger partial charge is 0.307 e. The first-order valence-corrected chi connectivity index (χ1v) is 6.57. The SMILES string of the molecule is C#CCN1CCN(C(=O)C2C(C(=O)O)C2(C)C)CC1. The molecule has 0 aromatic carbocycles. The van der Waals surface area contributed by atoms with Crippen molar-refractivity contribution in [1.82, 2.24) is 9.80 Å².